The van der Waals surface area contributed by atoms with Gasteiger partial charge in [0.1, 0.15) is 5.15 Å². The Morgan fingerprint density at radius 2 is 2.27 bits per heavy atom. The summed E-state index contributed by atoms with van der Waals surface area (Å²) in [6.07, 6.45) is 0. The lowest BCUT2D eigenvalue weighted by Crippen LogP contribution is -2.34. The summed E-state index contributed by atoms with van der Waals surface area (Å²) in [5.74, 6) is 0.683. The van der Waals surface area contributed by atoms with Crippen molar-refractivity contribution < 1.29 is 0 Å². The molecule has 0 amide bonds. The van der Waals surface area contributed by atoms with E-state index in [9.17, 15) is 0 Å². The van der Waals surface area contributed by atoms with Gasteiger partial charge in [-0.25, -0.2) is 4.98 Å². The monoisotopic (exact) mass is 245 g/mol. The molecule has 0 aromatic carbocycles. The van der Waals surface area contributed by atoms with Crippen LogP contribution in [0, 0.1) is 5.92 Å². The van der Waals surface area contributed by atoms with Gasteiger partial charge >= 0.3 is 0 Å². The molecule has 1 saturated heterocycles. The van der Waals surface area contributed by atoms with E-state index in [1.807, 2.05) is 5.38 Å². The Morgan fingerprint density at radius 3 is 2.73 bits per heavy atom. The molecular formula is C10H16ClN3S. The average molecular weight is 246 g/mol. The summed E-state index contributed by atoms with van der Waals surface area (Å²) < 4.78 is 0. The van der Waals surface area contributed by atoms with Crippen molar-refractivity contribution in [3.05, 3.63) is 10.5 Å². The van der Waals surface area contributed by atoms with Crippen molar-refractivity contribution in [2.75, 3.05) is 32.1 Å². The van der Waals surface area contributed by atoms with Gasteiger partial charge in [0.2, 0.25) is 0 Å². The van der Waals surface area contributed by atoms with Crippen LogP contribution in [0.25, 0.3) is 0 Å². The smallest absolute Gasteiger partial charge is 0.186 e. The van der Waals surface area contributed by atoms with E-state index in [-0.39, 0.29) is 0 Å². The molecule has 0 N–H and O–H groups in total. The number of hydrogen-bond donors (Lipinski definition) is 0. The summed E-state index contributed by atoms with van der Waals surface area (Å²) in [5.41, 5.74) is 0. The molecule has 1 fully saturated rings. The van der Waals surface area contributed by atoms with Crippen molar-refractivity contribution in [3.63, 3.8) is 0 Å². The van der Waals surface area contributed by atoms with E-state index in [4.69, 9.17) is 11.6 Å². The molecule has 84 valence electrons. The highest BCUT2D eigenvalue weighted by Gasteiger charge is 2.32. The predicted octanol–water partition coefficient (Wildman–Crippen LogP) is 2.18. The fourth-order valence-corrected chi connectivity index (χ4v) is 3.14. The van der Waals surface area contributed by atoms with Gasteiger partial charge in [-0.1, -0.05) is 18.5 Å². The fourth-order valence-electron chi connectivity index (χ4n) is 2.17. The maximum atomic E-state index is 5.84. The largest absolute Gasteiger partial charge is 0.346 e. The highest BCUT2D eigenvalue weighted by molar-refractivity contribution is 7.14. The van der Waals surface area contributed by atoms with Crippen molar-refractivity contribution in [3.8, 4) is 0 Å². The van der Waals surface area contributed by atoms with Gasteiger partial charge in [-0.3, -0.25) is 0 Å². The first-order chi connectivity index (χ1) is 7.08. The minimum Gasteiger partial charge on any atom is -0.346 e. The summed E-state index contributed by atoms with van der Waals surface area (Å²) in [5, 5.41) is 3.55. The fraction of sp³-hybridized carbons (Fsp3) is 0.700. The van der Waals surface area contributed by atoms with Gasteiger partial charge in [0.05, 0.1) is 0 Å². The van der Waals surface area contributed by atoms with Crippen LogP contribution in [-0.2, 0) is 0 Å². The first-order valence-corrected chi connectivity index (χ1v) is 6.36. The van der Waals surface area contributed by atoms with Crippen LogP contribution in [0.2, 0.25) is 5.15 Å². The minimum absolute atomic E-state index is 0.607. The van der Waals surface area contributed by atoms with Crippen LogP contribution in [0.3, 0.4) is 0 Å². The van der Waals surface area contributed by atoms with Crippen LogP contribution >= 0.6 is 22.9 Å². The number of nitrogens with zero attached hydrogens (tertiary/aromatic N) is 3. The summed E-state index contributed by atoms with van der Waals surface area (Å²) in [7, 11) is 4.28. The quantitative estimate of drug-likeness (QED) is 0.796. The van der Waals surface area contributed by atoms with Crippen LogP contribution in [-0.4, -0.2) is 43.1 Å². The Labute approximate surface area is 99.7 Å². The number of anilines is 1. The second-order valence-electron chi connectivity index (χ2n) is 4.37. The zero-order valence-corrected chi connectivity index (χ0v) is 10.8. The minimum atomic E-state index is 0.607. The van der Waals surface area contributed by atoms with Crippen molar-refractivity contribution in [2.24, 2.45) is 5.92 Å². The molecule has 0 bridgehead atoms. The number of hydrogen-bond acceptors (Lipinski definition) is 4. The van der Waals surface area contributed by atoms with Crippen molar-refractivity contribution >= 4 is 28.1 Å². The Kier molecular flexibility index (Phi) is 3.19. The summed E-state index contributed by atoms with van der Waals surface area (Å²) >= 11 is 7.46. The van der Waals surface area contributed by atoms with Crippen LogP contribution in [0.15, 0.2) is 5.38 Å². The molecule has 2 atom stereocenters. The second-order valence-corrected chi connectivity index (χ2v) is 5.59. The molecule has 1 aromatic rings. The Morgan fingerprint density at radius 1 is 1.53 bits per heavy atom. The van der Waals surface area contributed by atoms with Crippen molar-refractivity contribution in [2.45, 2.75) is 13.0 Å². The molecular weight excluding hydrogens is 230 g/mol. The lowest BCUT2D eigenvalue weighted by molar-refractivity contribution is 0.266. The van der Waals surface area contributed by atoms with Gasteiger partial charge < -0.3 is 9.80 Å². The van der Waals surface area contributed by atoms with E-state index in [1.54, 1.807) is 11.3 Å². The zero-order chi connectivity index (χ0) is 11.0. The van der Waals surface area contributed by atoms with E-state index in [2.05, 4.69) is 35.8 Å². The van der Waals surface area contributed by atoms with E-state index in [0.29, 0.717) is 17.1 Å². The Balaban J connectivity index is 2.09. The summed E-state index contributed by atoms with van der Waals surface area (Å²) in [6.45, 7) is 4.42. The maximum Gasteiger partial charge on any atom is 0.186 e. The normalized spacial score (nSPS) is 26.6. The van der Waals surface area contributed by atoms with Crippen molar-refractivity contribution in [1.82, 2.24) is 9.88 Å². The van der Waals surface area contributed by atoms with Gasteiger partial charge in [0.15, 0.2) is 5.13 Å². The number of likely N-dealkylation sites (N-methyl/N-ethyl adjacent to an activating group) is 1. The molecule has 3 nitrogen and oxygen atoms in total. The zero-order valence-electron chi connectivity index (χ0n) is 9.27. The molecule has 0 aliphatic carbocycles. The molecule has 1 aliphatic rings. The average Bonchev–Trinajstić information content (AvgIpc) is 2.71. The summed E-state index contributed by atoms with van der Waals surface area (Å²) in [4.78, 5) is 8.93. The van der Waals surface area contributed by atoms with E-state index in [1.165, 1.54) is 0 Å². The maximum absolute atomic E-state index is 5.84. The number of thiazole rings is 1. The molecule has 0 spiro atoms. The molecule has 5 heteroatoms. The molecule has 2 rings (SSSR count). The highest BCUT2D eigenvalue weighted by Crippen LogP contribution is 2.29. The standard InChI is InChI=1S/C10H16ClN3S/c1-7-4-14(5-8(7)13(2)3)10-12-9(11)6-15-10/h6-8H,4-5H2,1-3H3. The van der Waals surface area contributed by atoms with Crippen LogP contribution in [0.4, 0.5) is 5.13 Å². The van der Waals surface area contributed by atoms with Gasteiger partial charge in [-0.15, -0.1) is 11.3 Å². The number of halogens is 1. The van der Waals surface area contributed by atoms with E-state index >= 15 is 0 Å². The Hall–Kier alpha value is -0.320. The Bertz CT molecular complexity index is 339. The molecule has 0 saturated carbocycles. The molecule has 2 unspecified atom stereocenters. The second kappa shape index (κ2) is 4.28. The first kappa shape index (κ1) is 11.2. The van der Waals surface area contributed by atoms with Crippen molar-refractivity contribution in [1.29, 1.82) is 0 Å². The predicted molar refractivity (Wildman–Crippen MR) is 66.0 cm³/mol. The molecule has 1 aromatic heterocycles. The van der Waals surface area contributed by atoms with Crippen LogP contribution in [0.5, 0.6) is 0 Å². The molecule has 2 heterocycles. The van der Waals surface area contributed by atoms with Crippen LogP contribution in [0.1, 0.15) is 6.92 Å². The molecule has 1 aliphatic heterocycles. The third kappa shape index (κ3) is 2.27. The van der Waals surface area contributed by atoms with Crippen LogP contribution < -0.4 is 4.90 Å². The van der Waals surface area contributed by atoms with Gasteiger partial charge in [0.25, 0.3) is 0 Å². The first-order valence-electron chi connectivity index (χ1n) is 5.10. The molecule has 15 heavy (non-hydrogen) atoms. The topological polar surface area (TPSA) is 19.4 Å². The molecule has 0 radical (unpaired) electrons. The lowest BCUT2D eigenvalue weighted by Gasteiger charge is -2.22. The lowest BCUT2D eigenvalue weighted by atomic mass is 10.1. The number of aromatic nitrogens is 1. The third-order valence-electron chi connectivity index (χ3n) is 2.97. The number of rotatable bonds is 2. The SMILES string of the molecule is CC1CN(c2nc(Cl)cs2)CC1N(C)C. The van der Waals surface area contributed by atoms with E-state index in [0.717, 1.165) is 18.2 Å². The van der Waals surface area contributed by atoms with Gasteiger partial charge in [-0.2, -0.15) is 0 Å². The van der Waals surface area contributed by atoms with Gasteiger partial charge in [0, 0.05) is 24.5 Å². The van der Waals surface area contributed by atoms with E-state index < -0.39 is 0 Å². The third-order valence-corrected chi connectivity index (χ3v) is 4.19. The summed E-state index contributed by atoms with van der Waals surface area (Å²) in [6, 6.07) is 0.618. The highest BCUT2D eigenvalue weighted by atomic mass is 35.5. The van der Waals surface area contributed by atoms with Gasteiger partial charge in [-0.05, 0) is 20.0 Å².